The summed E-state index contributed by atoms with van der Waals surface area (Å²) in [5, 5.41) is 5.66. The van der Waals surface area contributed by atoms with Gasteiger partial charge in [-0.25, -0.2) is 8.42 Å². The summed E-state index contributed by atoms with van der Waals surface area (Å²) in [6, 6.07) is 13.2. The molecule has 180 valence electrons. The molecule has 2 aromatic rings. The van der Waals surface area contributed by atoms with Crippen molar-refractivity contribution in [2.45, 2.75) is 45.4 Å². The second kappa shape index (κ2) is 12.7. The first-order chi connectivity index (χ1) is 15.7. The van der Waals surface area contributed by atoms with Crippen LogP contribution in [-0.2, 0) is 10.0 Å². The number of nitrogens with one attached hydrogen (secondary N) is 2. The van der Waals surface area contributed by atoms with E-state index >= 15 is 0 Å². The SMILES string of the molecule is CCCN(CCC)S(=O)(=O)c1ccc(NC(=S)NC(=O)c2cccc(OCC(C)C)c2)cc1. The largest absolute Gasteiger partial charge is 0.493 e. The highest BCUT2D eigenvalue weighted by Gasteiger charge is 2.22. The number of hydrogen-bond acceptors (Lipinski definition) is 5. The van der Waals surface area contributed by atoms with E-state index in [2.05, 4.69) is 24.5 Å². The fourth-order valence-electron chi connectivity index (χ4n) is 3.04. The molecule has 0 saturated heterocycles. The number of thiocarbonyl (C=S) groups is 1. The quantitative estimate of drug-likeness (QED) is 0.445. The van der Waals surface area contributed by atoms with E-state index < -0.39 is 10.0 Å². The number of nitrogens with zero attached hydrogens (tertiary/aromatic N) is 1. The normalized spacial score (nSPS) is 11.5. The number of carbonyl (C=O) groups excluding carboxylic acids is 1. The van der Waals surface area contributed by atoms with Gasteiger partial charge in [0.2, 0.25) is 10.0 Å². The van der Waals surface area contributed by atoms with Crippen molar-refractivity contribution in [3.05, 3.63) is 54.1 Å². The second-order valence-corrected chi connectivity index (χ2v) is 10.4. The lowest BCUT2D eigenvalue weighted by Gasteiger charge is -2.21. The van der Waals surface area contributed by atoms with Gasteiger partial charge >= 0.3 is 0 Å². The van der Waals surface area contributed by atoms with Crippen molar-refractivity contribution >= 4 is 38.9 Å². The van der Waals surface area contributed by atoms with Crippen LogP contribution in [0.2, 0.25) is 0 Å². The predicted octanol–water partition coefficient (Wildman–Crippen LogP) is 4.66. The molecule has 0 bridgehead atoms. The maximum absolute atomic E-state index is 12.9. The van der Waals surface area contributed by atoms with Crippen LogP contribution < -0.4 is 15.4 Å². The summed E-state index contributed by atoms with van der Waals surface area (Å²) >= 11 is 5.25. The Kier molecular flexibility index (Phi) is 10.3. The Morgan fingerprint density at radius 2 is 1.70 bits per heavy atom. The van der Waals surface area contributed by atoms with Gasteiger partial charge in [-0.1, -0.05) is 33.8 Å². The lowest BCUT2D eigenvalue weighted by molar-refractivity contribution is 0.0977. The number of hydrogen-bond donors (Lipinski definition) is 2. The molecular weight excluding hydrogens is 458 g/mol. The molecular formula is C24H33N3O4S2. The third-order valence-corrected chi connectivity index (χ3v) is 6.72. The third kappa shape index (κ3) is 8.10. The summed E-state index contributed by atoms with van der Waals surface area (Å²) in [6.45, 7) is 9.53. The first kappa shape index (κ1) is 26.8. The number of amides is 1. The standard InChI is InChI=1S/C24H33N3O4S2/c1-5-14-27(15-6-2)33(29,30)22-12-10-20(11-13-22)25-24(32)26-23(28)19-8-7-9-21(16-19)31-17-18(3)4/h7-13,16,18H,5-6,14-15,17H2,1-4H3,(H2,25,26,28,32). The van der Waals surface area contributed by atoms with Crippen molar-refractivity contribution in [1.29, 1.82) is 0 Å². The van der Waals surface area contributed by atoms with E-state index in [4.69, 9.17) is 17.0 Å². The Labute approximate surface area is 202 Å². The molecule has 0 unspecified atom stereocenters. The van der Waals surface area contributed by atoms with Crippen LogP contribution >= 0.6 is 12.2 Å². The van der Waals surface area contributed by atoms with Crippen molar-refractivity contribution in [2.75, 3.05) is 25.0 Å². The van der Waals surface area contributed by atoms with Crippen LogP contribution in [0.3, 0.4) is 0 Å². The molecule has 0 spiro atoms. The highest BCUT2D eigenvalue weighted by molar-refractivity contribution is 7.89. The van der Waals surface area contributed by atoms with Gasteiger partial charge < -0.3 is 10.1 Å². The van der Waals surface area contributed by atoms with Crippen molar-refractivity contribution in [3.8, 4) is 5.75 Å². The number of carbonyl (C=O) groups is 1. The van der Waals surface area contributed by atoms with E-state index in [0.29, 0.717) is 42.6 Å². The molecule has 0 aliphatic heterocycles. The monoisotopic (exact) mass is 491 g/mol. The Morgan fingerprint density at radius 3 is 2.27 bits per heavy atom. The molecule has 1 amide bonds. The third-order valence-electron chi connectivity index (χ3n) is 4.60. The fourth-order valence-corrected chi connectivity index (χ4v) is 4.87. The van der Waals surface area contributed by atoms with Gasteiger partial charge in [-0.2, -0.15) is 4.31 Å². The van der Waals surface area contributed by atoms with Crippen LogP contribution in [0.4, 0.5) is 5.69 Å². The van der Waals surface area contributed by atoms with Crippen LogP contribution in [0.5, 0.6) is 5.75 Å². The second-order valence-electron chi connectivity index (χ2n) is 8.07. The molecule has 2 aromatic carbocycles. The Bertz CT molecular complexity index is 1030. The van der Waals surface area contributed by atoms with Crippen molar-refractivity contribution in [1.82, 2.24) is 9.62 Å². The summed E-state index contributed by atoms with van der Waals surface area (Å²) in [7, 11) is -3.55. The molecule has 33 heavy (non-hydrogen) atoms. The van der Waals surface area contributed by atoms with Crippen molar-refractivity contribution in [2.24, 2.45) is 5.92 Å². The number of rotatable bonds is 11. The maximum atomic E-state index is 12.9. The predicted molar refractivity (Wildman–Crippen MR) is 136 cm³/mol. The Hall–Kier alpha value is -2.49. The lowest BCUT2D eigenvalue weighted by atomic mass is 10.2. The molecule has 0 saturated carbocycles. The molecule has 7 nitrogen and oxygen atoms in total. The van der Waals surface area contributed by atoms with E-state index in [1.807, 2.05) is 13.8 Å². The van der Waals surface area contributed by atoms with Gasteiger partial charge in [0, 0.05) is 24.3 Å². The van der Waals surface area contributed by atoms with E-state index in [1.54, 1.807) is 36.4 Å². The average molecular weight is 492 g/mol. The highest BCUT2D eigenvalue weighted by atomic mass is 32.2. The molecule has 0 radical (unpaired) electrons. The average Bonchev–Trinajstić information content (AvgIpc) is 2.78. The van der Waals surface area contributed by atoms with E-state index in [1.165, 1.54) is 16.4 Å². The minimum absolute atomic E-state index is 0.114. The zero-order valence-electron chi connectivity index (χ0n) is 19.6. The summed E-state index contributed by atoms with van der Waals surface area (Å²) in [4.78, 5) is 12.8. The summed E-state index contributed by atoms with van der Waals surface area (Å²) in [5.41, 5.74) is 1.000. The minimum atomic E-state index is -3.55. The Balaban J connectivity index is 2.01. The van der Waals surface area contributed by atoms with Gasteiger partial charge in [0.25, 0.3) is 5.91 Å². The van der Waals surface area contributed by atoms with Gasteiger partial charge in [-0.3, -0.25) is 10.1 Å². The smallest absolute Gasteiger partial charge is 0.257 e. The van der Waals surface area contributed by atoms with Crippen LogP contribution in [0.25, 0.3) is 0 Å². The van der Waals surface area contributed by atoms with Crippen LogP contribution in [0.1, 0.15) is 50.9 Å². The van der Waals surface area contributed by atoms with E-state index in [9.17, 15) is 13.2 Å². The molecule has 0 aromatic heterocycles. The molecule has 9 heteroatoms. The highest BCUT2D eigenvalue weighted by Crippen LogP contribution is 2.19. The van der Waals surface area contributed by atoms with Crippen molar-refractivity contribution < 1.29 is 17.9 Å². The summed E-state index contributed by atoms with van der Waals surface area (Å²) in [6.07, 6.45) is 1.50. The first-order valence-electron chi connectivity index (χ1n) is 11.1. The summed E-state index contributed by atoms with van der Waals surface area (Å²) < 4.78 is 32.9. The lowest BCUT2D eigenvalue weighted by Crippen LogP contribution is -2.34. The molecule has 2 rings (SSSR count). The molecule has 0 aliphatic rings. The molecule has 0 aliphatic carbocycles. The fraction of sp³-hybridized carbons (Fsp3) is 0.417. The molecule has 0 fully saturated rings. The number of benzene rings is 2. The molecule has 2 N–H and O–H groups in total. The molecule has 0 heterocycles. The summed E-state index contributed by atoms with van der Waals surface area (Å²) in [5.74, 6) is 0.630. The Morgan fingerprint density at radius 1 is 1.06 bits per heavy atom. The first-order valence-corrected chi connectivity index (χ1v) is 13.0. The number of sulfonamides is 1. The van der Waals surface area contributed by atoms with Gasteiger partial charge in [-0.15, -0.1) is 0 Å². The van der Waals surface area contributed by atoms with E-state index in [-0.39, 0.29) is 15.9 Å². The minimum Gasteiger partial charge on any atom is -0.493 e. The number of ether oxygens (including phenoxy) is 1. The zero-order chi connectivity index (χ0) is 24.4. The van der Waals surface area contributed by atoms with Crippen LogP contribution in [-0.4, -0.2) is 43.4 Å². The topological polar surface area (TPSA) is 87.7 Å². The number of anilines is 1. The van der Waals surface area contributed by atoms with Crippen LogP contribution in [0, 0.1) is 5.92 Å². The van der Waals surface area contributed by atoms with E-state index in [0.717, 1.165) is 12.8 Å². The molecule has 0 atom stereocenters. The van der Waals surface area contributed by atoms with Gasteiger partial charge in [0.1, 0.15) is 5.75 Å². The van der Waals surface area contributed by atoms with Crippen LogP contribution in [0.15, 0.2) is 53.4 Å². The maximum Gasteiger partial charge on any atom is 0.257 e. The van der Waals surface area contributed by atoms with Gasteiger partial charge in [0.05, 0.1) is 11.5 Å². The van der Waals surface area contributed by atoms with Gasteiger partial charge in [-0.05, 0) is 73.4 Å². The van der Waals surface area contributed by atoms with Gasteiger partial charge in [0.15, 0.2) is 5.11 Å². The zero-order valence-corrected chi connectivity index (χ0v) is 21.3. The van der Waals surface area contributed by atoms with Crippen molar-refractivity contribution in [3.63, 3.8) is 0 Å².